The fourth-order valence-corrected chi connectivity index (χ4v) is 3.06. The summed E-state index contributed by atoms with van der Waals surface area (Å²) < 4.78 is 19.7. The normalized spacial score (nSPS) is 13.2. The lowest BCUT2D eigenvalue weighted by Crippen LogP contribution is -2.24. The van der Waals surface area contributed by atoms with Crippen molar-refractivity contribution in [3.8, 4) is 18.6 Å². The molecule has 0 unspecified atom stereocenters. The van der Waals surface area contributed by atoms with E-state index in [9.17, 15) is 9.18 Å². The van der Waals surface area contributed by atoms with Gasteiger partial charge in [0.1, 0.15) is 11.6 Å². The number of carboxylic acid groups (broad SMARTS) is 1. The summed E-state index contributed by atoms with van der Waals surface area (Å²) in [5.41, 5.74) is 3.03. The van der Waals surface area contributed by atoms with Crippen LogP contribution in [0.15, 0.2) is 41.6 Å². The predicted molar refractivity (Wildman–Crippen MR) is 122 cm³/mol. The Bertz CT molecular complexity index is 722. The molecule has 0 aromatic heterocycles. The number of halogens is 1. The second kappa shape index (κ2) is 16.1. The molecule has 0 aliphatic carbocycles. The smallest absolute Gasteiger partial charge is 0.303 e. The van der Waals surface area contributed by atoms with Crippen LogP contribution in [0.5, 0.6) is 5.75 Å². The van der Waals surface area contributed by atoms with Crippen LogP contribution in [0.2, 0.25) is 0 Å². The molecule has 1 aromatic rings. The molecule has 4 nitrogen and oxygen atoms in total. The predicted octanol–water partition coefficient (Wildman–Crippen LogP) is 5.83. The maximum absolute atomic E-state index is 14.0. The van der Waals surface area contributed by atoms with Crippen molar-refractivity contribution in [1.82, 2.24) is 4.90 Å². The Morgan fingerprint density at radius 3 is 2.53 bits per heavy atom. The van der Waals surface area contributed by atoms with Crippen molar-refractivity contribution in [2.24, 2.45) is 0 Å². The van der Waals surface area contributed by atoms with E-state index in [4.69, 9.17) is 9.84 Å². The number of carboxylic acids is 1. The van der Waals surface area contributed by atoms with Crippen LogP contribution >= 0.6 is 0 Å². The molecule has 1 aliphatic heterocycles. The van der Waals surface area contributed by atoms with Crippen molar-refractivity contribution in [2.75, 3.05) is 20.2 Å². The number of hydrogen-bond acceptors (Lipinski definition) is 3. The molecule has 1 aliphatic rings. The Labute approximate surface area is 181 Å². The van der Waals surface area contributed by atoms with Crippen LogP contribution < -0.4 is 4.74 Å². The van der Waals surface area contributed by atoms with Crippen molar-refractivity contribution in [1.29, 1.82) is 0 Å². The average Bonchev–Trinajstić information content (AvgIpc) is 2.72. The lowest BCUT2D eigenvalue weighted by atomic mass is 9.99. The molecular weight excluding hydrogens is 381 g/mol. The molecule has 0 fully saturated rings. The maximum atomic E-state index is 14.0. The van der Waals surface area contributed by atoms with E-state index in [0.717, 1.165) is 25.8 Å². The summed E-state index contributed by atoms with van der Waals surface area (Å²) in [6.45, 7) is 7.82. The van der Waals surface area contributed by atoms with Gasteiger partial charge in [0.2, 0.25) is 0 Å². The van der Waals surface area contributed by atoms with E-state index >= 15 is 0 Å². The van der Waals surface area contributed by atoms with Crippen molar-refractivity contribution < 1.29 is 19.0 Å². The molecule has 2 rings (SSSR count). The largest absolute Gasteiger partial charge is 0.493 e. The van der Waals surface area contributed by atoms with Crippen molar-refractivity contribution in [2.45, 2.75) is 59.3 Å². The van der Waals surface area contributed by atoms with Gasteiger partial charge in [0.15, 0.2) is 0 Å². The zero-order valence-electron chi connectivity index (χ0n) is 18.8. The monoisotopic (exact) mass is 417 g/mol. The summed E-state index contributed by atoms with van der Waals surface area (Å²) in [6, 6.07) is 4.65. The number of likely N-dealkylation sites (N-methyl/N-ethyl adjacent to an activating group) is 1. The Morgan fingerprint density at radius 2 is 1.97 bits per heavy atom. The SMILES string of the molecule is C#C.C/C=C\C1=C(CCOc2ccc(CCC(=O)O)c(F)c2)CCCN1C.CCC. The molecule has 0 amide bonds. The minimum Gasteiger partial charge on any atom is -0.493 e. The third-order valence-corrected chi connectivity index (χ3v) is 4.38. The van der Waals surface area contributed by atoms with Gasteiger partial charge >= 0.3 is 5.97 Å². The molecular formula is C25H36FNO3. The number of allylic oxidation sites excluding steroid dienone is 2. The second-order valence-electron chi connectivity index (χ2n) is 6.97. The number of terminal acetylenes is 1. The molecule has 0 bridgehead atoms. The third-order valence-electron chi connectivity index (χ3n) is 4.38. The van der Waals surface area contributed by atoms with Gasteiger partial charge < -0.3 is 14.7 Å². The average molecular weight is 418 g/mol. The van der Waals surface area contributed by atoms with Crippen LogP contribution in [-0.4, -0.2) is 36.2 Å². The summed E-state index contributed by atoms with van der Waals surface area (Å²) in [6.07, 6.45) is 16.6. The van der Waals surface area contributed by atoms with Gasteiger partial charge in [-0.25, -0.2) is 4.39 Å². The fraction of sp³-hybridized carbons (Fsp3) is 0.480. The molecule has 30 heavy (non-hydrogen) atoms. The first-order chi connectivity index (χ1) is 14.4. The fourth-order valence-electron chi connectivity index (χ4n) is 3.06. The molecule has 1 N–H and O–H groups in total. The van der Waals surface area contributed by atoms with Crippen molar-refractivity contribution >= 4 is 5.97 Å². The molecule has 5 heteroatoms. The van der Waals surface area contributed by atoms with E-state index in [1.54, 1.807) is 12.1 Å². The van der Waals surface area contributed by atoms with Crippen LogP contribution in [0.1, 0.15) is 58.4 Å². The number of rotatable bonds is 8. The Hall–Kier alpha value is -2.74. The molecule has 166 valence electrons. The lowest BCUT2D eigenvalue weighted by molar-refractivity contribution is -0.136. The highest BCUT2D eigenvalue weighted by Crippen LogP contribution is 2.25. The first-order valence-electron chi connectivity index (χ1n) is 10.4. The van der Waals surface area contributed by atoms with Gasteiger partial charge in [0.25, 0.3) is 0 Å². The highest BCUT2D eigenvalue weighted by atomic mass is 19.1. The number of aryl methyl sites for hydroxylation is 1. The number of ether oxygens (including phenoxy) is 1. The van der Waals surface area contributed by atoms with E-state index in [2.05, 4.69) is 44.7 Å². The Kier molecular flexibility index (Phi) is 14.6. The van der Waals surface area contributed by atoms with Gasteiger partial charge in [-0.3, -0.25) is 4.79 Å². The standard InChI is InChI=1S/C20H26FNO3.C3H8.C2H2/c1-3-5-19-16(6-4-12-22(19)2)11-13-25-17-9-7-15(18(21)14-17)8-10-20(23)24;1-3-2;1-2/h3,5,7,9,14H,4,6,8,10-13H2,1-2H3,(H,23,24);3H2,1-2H3;1-2H/b5-3-;;. The van der Waals surface area contributed by atoms with Gasteiger partial charge in [-0.2, -0.15) is 0 Å². The summed E-state index contributed by atoms with van der Waals surface area (Å²) in [5.74, 6) is -0.860. The summed E-state index contributed by atoms with van der Waals surface area (Å²) in [7, 11) is 2.10. The maximum Gasteiger partial charge on any atom is 0.303 e. The zero-order chi connectivity index (χ0) is 22.9. The van der Waals surface area contributed by atoms with Gasteiger partial charge in [-0.1, -0.05) is 32.4 Å². The van der Waals surface area contributed by atoms with Crippen LogP contribution in [0.4, 0.5) is 4.39 Å². The molecule has 0 spiro atoms. The first kappa shape index (κ1) is 27.3. The van der Waals surface area contributed by atoms with Crippen LogP contribution in [0, 0.1) is 18.7 Å². The number of nitrogens with zero attached hydrogens (tertiary/aromatic N) is 1. The highest BCUT2D eigenvalue weighted by Gasteiger charge is 2.15. The van der Waals surface area contributed by atoms with E-state index in [0.29, 0.717) is 17.9 Å². The zero-order valence-corrected chi connectivity index (χ0v) is 18.8. The minimum absolute atomic E-state index is 0.0769. The van der Waals surface area contributed by atoms with Gasteiger partial charge in [0.05, 0.1) is 6.61 Å². The molecule has 1 aromatic carbocycles. The minimum atomic E-state index is -0.928. The Morgan fingerprint density at radius 1 is 1.30 bits per heavy atom. The van der Waals surface area contributed by atoms with Gasteiger partial charge in [0, 0.05) is 38.2 Å². The quantitative estimate of drug-likeness (QED) is 0.541. The van der Waals surface area contributed by atoms with E-state index in [1.807, 2.05) is 13.0 Å². The molecule has 1 heterocycles. The van der Waals surface area contributed by atoms with E-state index in [-0.39, 0.29) is 12.8 Å². The topological polar surface area (TPSA) is 49.8 Å². The van der Waals surface area contributed by atoms with E-state index < -0.39 is 11.8 Å². The highest BCUT2D eigenvalue weighted by molar-refractivity contribution is 5.67. The third kappa shape index (κ3) is 10.2. The van der Waals surface area contributed by atoms with E-state index in [1.165, 1.54) is 23.8 Å². The van der Waals surface area contributed by atoms with Crippen LogP contribution in [0.25, 0.3) is 0 Å². The number of hydrogen-bond donors (Lipinski definition) is 1. The number of carbonyl (C=O) groups is 1. The molecule has 0 saturated heterocycles. The number of aliphatic carboxylic acids is 1. The first-order valence-corrected chi connectivity index (χ1v) is 10.4. The summed E-state index contributed by atoms with van der Waals surface area (Å²) in [4.78, 5) is 12.8. The molecule has 0 saturated carbocycles. The summed E-state index contributed by atoms with van der Waals surface area (Å²) >= 11 is 0. The Balaban J connectivity index is 0.00000154. The molecule has 0 atom stereocenters. The van der Waals surface area contributed by atoms with Crippen molar-refractivity contribution in [3.05, 3.63) is 53.0 Å². The van der Waals surface area contributed by atoms with Crippen LogP contribution in [0.3, 0.4) is 0 Å². The van der Waals surface area contributed by atoms with Crippen molar-refractivity contribution in [3.63, 3.8) is 0 Å². The summed E-state index contributed by atoms with van der Waals surface area (Å²) in [5, 5.41) is 8.68. The second-order valence-corrected chi connectivity index (χ2v) is 6.97. The van der Waals surface area contributed by atoms with Crippen LogP contribution in [-0.2, 0) is 11.2 Å². The lowest BCUT2D eigenvalue weighted by Gasteiger charge is -2.29. The van der Waals surface area contributed by atoms with Gasteiger partial charge in [-0.05, 0) is 49.5 Å². The molecule has 0 radical (unpaired) electrons. The van der Waals surface area contributed by atoms with Gasteiger partial charge in [-0.15, -0.1) is 12.8 Å². The number of benzene rings is 1.